The second-order valence-corrected chi connectivity index (χ2v) is 9.17. The number of fused-ring (bicyclic) bond motifs is 1. The Labute approximate surface area is 246 Å². The first-order valence-electron chi connectivity index (χ1n) is 11.9. The number of carbonyl (C=O) groups is 1. The van der Waals surface area contributed by atoms with Gasteiger partial charge in [0, 0.05) is 55.9 Å². The fourth-order valence-electron chi connectivity index (χ4n) is 4.36. The van der Waals surface area contributed by atoms with Crippen LogP contribution in [0.3, 0.4) is 0 Å². The summed E-state index contributed by atoms with van der Waals surface area (Å²) in [6.45, 7) is 7.53. The van der Waals surface area contributed by atoms with Crippen molar-refractivity contribution in [2.45, 2.75) is 6.92 Å². The summed E-state index contributed by atoms with van der Waals surface area (Å²) < 4.78 is 1.86. The summed E-state index contributed by atoms with van der Waals surface area (Å²) >= 11 is 6.44. The van der Waals surface area contributed by atoms with Gasteiger partial charge in [-0.05, 0) is 55.0 Å². The smallest absolute Gasteiger partial charge is 0.251 e. The van der Waals surface area contributed by atoms with E-state index >= 15 is 0 Å². The Hall–Kier alpha value is -2.52. The average molecular weight is 598 g/mol. The number of nitrogens with zero attached hydrogens (tertiary/aromatic N) is 3. The van der Waals surface area contributed by atoms with Gasteiger partial charge in [0.05, 0.1) is 28.1 Å². The Morgan fingerprint density at radius 3 is 2.58 bits per heavy atom. The zero-order valence-corrected chi connectivity index (χ0v) is 24.2. The standard InChI is InChI=1S/C27H29ClN6O.3ClH/c1-19-4-2-7-24(26(19)28)32-22-8-9-25-21(16-22)18-31-34(25)23-6-3-5-20(17-23)27(35)30-12-15-33-13-10-29-11-14-33;;;/h2-9,16-18,29,32H,10-15H2,1H3,(H,30,35);3*1H. The van der Waals surface area contributed by atoms with Crippen molar-refractivity contribution in [2.24, 2.45) is 0 Å². The molecular formula is C27H32Cl4N6O. The lowest BCUT2D eigenvalue weighted by molar-refractivity contribution is 0.0947. The molecule has 1 aromatic heterocycles. The number of hydrogen-bond donors (Lipinski definition) is 3. The topological polar surface area (TPSA) is 74.2 Å². The van der Waals surface area contributed by atoms with Gasteiger partial charge in [-0.25, -0.2) is 4.68 Å². The number of piperazine rings is 1. The molecule has 1 saturated heterocycles. The van der Waals surface area contributed by atoms with Crippen molar-refractivity contribution in [1.82, 2.24) is 25.3 Å². The maximum absolute atomic E-state index is 12.8. The minimum absolute atomic E-state index is 0. The van der Waals surface area contributed by atoms with Gasteiger partial charge in [-0.3, -0.25) is 9.69 Å². The molecule has 1 fully saturated rings. The first-order valence-corrected chi connectivity index (χ1v) is 12.3. The van der Waals surface area contributed by atoms with Crippen LogP contribution in [0.4, 0.5) is 11.4 Å². The highest BCUT2D eigenvalue weighted by Crippen LogP contribution is 2.30. The molecule has 204 valence electrons. The second-order valence-electron chi connectivity index (χ2n) is 8.79. The Balaban J connectivity index is 0.00000169. The fourth-order valence-corrected chi connectivity index (χ4v) is 4.53. The molecule has 3 aromatic carbocycles. The summed E-state index contributed by atoms with van der Waals surface area (Å²) in [4.78, 5) is 15.1. The highest BCUT2D eigenvalue weighted by atomic mass is 35.5. The monoisotopic (exact) mass is 596 g/mol. The highest BCUT2D eigenvalue weighted by Gasteiger charge is 2.12. The predicted molar refractivity (Wildman–Crippen MR) is 164 cm³/mol. The van der Waals surface area contributed by atoms with E-state index in [-0.39, 0.29) is 43.1 Å². The Morgan fingerprint density at radius 1 is 1.03 bits per heavy atom. The van der Waals surface area contributed by atoms with Crippen molar-refractivity contribution in [2.75, 3.05) is 44.6 Å². The van der Waals surface area contributed by atoms with Gasteiger partial charge in [0.25, 0.3) is 5.91 Å². The molecular weight excluding hydrogens is 566 g/mol. The summed E-state index contributed by atoms with van der Waals surface area (Å²) in [6, 6.07) is 19.6. The van der Waals surface area contributed by atoms with E-state index in [9.17, 15) is 4.79 Å². The molecule has 3 N–H and O–H groups in total. The van der Waals surface area contributed by atoms with E-state index in [1.165, 1.54) is 0 Å². The van der Waals surface area contributed by atoms with Gasteiger partial charge in [0.15, 0.2) is 0 Å². The van der Waals surface area contributed by atoms with Crippen LogP contribution < -0.4 is 16.0 Å². The summed E-state index contributed by atoms with van der Waals surface area (Å²) in [5.41, 5.74) is 5.26. The SMILES string of the molecule is Cc1cccc(Nc2ccc3c(cnn3-c3cccc(C(=O)NCCN4CCNCC4)c3)c2)c1Cl.Cl.Cl.Cl. The number of rotatable bonds is 7. The summed E-state index contributed by atoms with van der Waals surface area (Å²) in [5.74, 6) is -0.0695. The van der Waals surface area contributed by atoms with Crippen molar-refractivity contribution < 1.29 is 4.79 Å². The van der Waals surface area contributed by atoms with E-state index in [0.29, 0.717) is 17.1 Å². The van der Waals surface area contributed by atoms with E-state index in [0.717, 1.165) is 66.3 Å². The van der Waals surface area contributed by atoms with Gasteiger partial charge in [-0.2, -0.15) is 5.10 Å². The number of anilines is 2. The second kappa shape index (κ2) is 14.6. The van der Waals surface area contributed by atoms with Crippen molar-refractivity contribution in [3.05, 3.63) is 83.0 Å². The molecule has 1 amide bonds. The molecule has 5 rings (SSSR count). The fraction of sp³-hybridized carbons (Fsp3) is 0.259. The number of halogens is 4. The molecule has 4 aromatic rings. The molecule has 0 unspecified atom stereocenters. The normalized spacial score (nSPS) is 13.1. The van der Waals surface area contributed by atoms with Gasteiger partial charge >= 0.3 is 0 Å². The molecule has 0 radical (unpaired) electrons. The Kier molecular flexibility index (Phi) is 12.2. The van der Waals surface area contributed by atoms with Crippen molar-refractivity contribution in [1.29, 1.82) is 0 Å². The van der Waals surface area contributed by atoms with Crippen LogP contribution in [0.25, 0.3) is 16.6 Å². The molecule has 0 spiro atoms. The molecule has 2 heterocycles. The van der Waals surface area contributed by atoms with Crippen LogP contribution in [0, 0.1) is 6.92 Å². The number of benzene rings is 3. The first-order chi connectivity index (χ1) is 17.1. The first kappa shape index (κ1) is 31.7. The maximum Gasteiger partial charge on any atom is 0.251 e. The minimum Gasteiger partial charge on any atom is -0.354 e. The third kappa shape index (κ3) is 7.32. The summed E-state index contributed by atoms with van der Waals surface area (Å²) in [6.07, 6.45) is 1.83. The van der Waals surface area contributed by atoms with Crippen molar-refractivity contribution in [3.8, 4) is 5.69 Å². The van der Waals surface area contributed by atoms with Gasteiger partial charge in [0.2, 0.25) is 0 Å². The zero-order valence-electron chi connectivity index (χ0n) is 20.9. The number of aromatic nitrogens is 2. The molecule has 38 heavy (non-hydrogen) atoms. The maximum atomic E-state index is 12.8. The molecule has 1 aliphatic rings. The average Bonchev–Trinajstić information content (AvgIpc) is 3.31. The van der Waals surface area contributed by atoms with Gasteiger partial charge in [-0.15, -0.1) is 37.2 Å². The van der Waals surface area contributed by atoms with Crippen LogP contribution in [0.5, 0.6) is 0 Å². The largest absolute Gasteiger partial charge is 0.354 e. The van der Waals surface area contributed by atoms with Crippen LogP contribution >= 0.6 is 48.8 Å². The number of amides is 1. The van der Waals surface area contributed by atoms with Crippen molar-refractivity contribution >= 4 is 77.0 Å². The quantitative estimate of drug-likeness (QED) is 0.257. The molecule has 0 atom stereocenters. The van der Waals surface area contributed by atoms with E-state index in [1.54, 1.807) is 0 Å². The molecule has 0 aliphatic carbocycles. The lowest BCUT2D eigenvalue weighted by Gasteiger charge is -2.27. The van der Waals surface area contributed by atoms with Gasteiger partial charge < -0.3 is 16.0 Å². The van der Waals surface area contributed by atoms with Crippen LogP contribution in [-0.4, -0.2) is 59.9 Å². The Bertz CT molecular complexity index is 1360. The zero-order chi connectivity index (χ0) is 24.2. The number of aryl methyl sites for hydroxylation is 1. The third-order valence-corrected chi connectivity index (χ3v) is 6.82. The lowest BCUT2D eigenvalue weighted by atomic mass is 10.1. The molecule has 0 saturated carbocycles. The predicted octanol–water partition coefficient (Wildman–Crippen LogP) is 5.63. The number of nitrogens with one attached hydrogen (secondary N) is 3. The van der Waals surface area contributed by atoms with Crippen LogP contribution in [0.2, 0.25) is 5.02 Å². The summed E-state index contributed by atoms with van der Waals surface area (Å²) in [5, 5.41) is 16.1. The van der Waals surface area contributed by atoms with E-state index < -0.39 is 0 Å². The van der Waals surface area contributed by atoms with Crippen LogP contribution in [0.1, 0.15) is 15.9 Å². The van der Waals surface area contributed by atoms with E-state index in [4.69, 9.17) is 11.6 Å². The molecule has 11 heteroatoms. The van der Waals surface area contributed by atoms with Gasteiger partial charge in [0.1, 0.15) is 0 Å². The number of hydrogen-bond acceptors (Lipinski definition) is 5. The third-order valence-electron chi connectivity index (χ3n) is 6.31. The lowest BCUT2D eigenvalue weighted by Crippen LogP contribution is -2.46. The Morgan fingerprint density at radius 2 is 1.79 bits per heavy atom. The molecule has 1 aliphatic heterocycles. The minimum atomic E-state index is -0.0695. The molecule has 0 bridgehead atoms. The van der Waals surface area contributed by atoms with E-state index in [1.807, 2.05) is 78.5 Å². The van der Waals surface area contributed by atoms with Crippen molar-refractivity contribution in [3.63, 3.8) is 0 Å². The van der Waals surface area contributed by atoms with Crippen LogP contribution in [0.15, 0.2) is 66.9 Å². The van der Waals surface area contributed by atoms with Gasteiger partial charge in [-0.1, -0.05) is 29.8 Å². The molecule has 7 nitrogen and oxygen atoms in total. The highest BCUT2D eigenvalue weighted by molar-refractivity contribution is 6.34. The number of carbonyl (C=O) groups excluding carboxylic acids is 1. The summed E-state index contributed by atoms with van der Waals surface area (Å²) in [7, 11) is 0. The van der Waals surface area contributed by atoms with Crippen LogP contribution in [-0.2, 0) is 0 Å². The van der Waals surface area contributed by atoms with E-state index in [2.05, 4.69) is 25.9 Å².